The molecule has 6 nitrogen and oxygen atoms in total. The average molecular weight is 280 g/mol. The van der Waals surface area contributed by atoms with E-state index in [4.69, 9.17) is 4.74 Å². The number of β-amino-alcohol motifs (C(OH)–C–C–N with tert-alkyl or cyclic N) is 1. The maximum Gasteiger partial charge on any atom is 0.269 e. The summed E-state index contributed by atoms with van der Waals surface area (Å²) in [5.41, 5.74) is 0.0606. The second kappa shape index (κ2) is 6.67. The van der Waals surface area contributed by atoms with Gasteiger partial charge in [-0.25, -0.2) is 0 Å². The summed E-state index contributed by atoms with van der Waals surface area (Å²) in [6.07, 6.45) is 0.738. The van der Waals surface area contributed by atoms with Crippen molar-refractivity contribution in [3.8, 4) is 5.75 Å². The van der Waals surface area contributed by atoms with Gasteiger partial charge < -0.3 is 9.84 Å². The van der Waals surface area contributed by atoms with Crippen LogP contribution in [-0.4, -0.2) is 47.3 Å². The molecule has 0 saturated carbocycles. The predicted molar refractivity (Wildman–Crippen MR) is 74.8 cm³/mol. The zero-order valence-corrected chi connectivity index (χ0v) is 11.6. The summed E-state index contributed by atoms with van der Waals surface area (Å²) < 4.78 is 5.56. The highest BCUT2D eigenvalue weighted by molar-refractivity contribution is 5.35. The number of likely N-dealkylation sites (tertiary alicyclic amines) is 1. The minimum atomic E-state index is -0.430. The number of hydrogen-bond donors (Lipinski definition) is 1. The molecule has 2 rings (SSSR count). The Morgan fingerprint density at radius 3 is 2.75 bits per heavy atom. The van der Waals surface area contributed by atoms with Crippen LogP contribution >= 0.6 is 0 Å². The standard InChI is InChI=1S/C14H20N2O4/c1-11-6-7-15(10-14(11)17)8-9-20-13-4-2-12(3-5-13)16(18)19/h2-5,11,14,17H,6-10H2,1H3. The van der Waals surface area contributed by atoms with E-state index in [1.165, 1.54) is 12.1 Å². The lowest BCUT2D eigenvalue weighted by atomic mass is 9.96. The molecule has 0 spiro atoms. The third kappa shape index (κ3) is 3.91. The molecule has 0 aliphatic carbocycles. The highest BCUT2D eigenvalue weighted by Crippen LogP contribution is 2.18. The van der Waals surface area contributed by atoms with Crippen LogP contribution in [0.15, 0.2) is 24.3 Å². The lowest BCUT2D eigenvalue weighted by Gasteiger charge is -2.34. The van der Waals surface area contributed by atoms with E-state index in [2.05, 4.69) is 11.8 Å². The van der Waals surface area contributed by atoms with Crippen molar-refractivity contribution in [2.24, 2.45) is 5.92 Å². The van der Waals surface area contributed by atoms with Crippen LogP contribution < -0.4 is 4.74 Å². The fourth-order valence-corrected chi connectivity index (χ4v) is 2.27. The first-order valence-corrected chi connectivity index (χ1v) is 6.84. The molecule has 0 amide bonds. The van der Waals surface area contributed by atoms with E-state index < -0.39 is 4.92 Å². The van der Waals surface area contributed by atoms with E-state index in [1.807, 2.05) is 0 Å². The fraction of sp³-hybridized carbons (Fsp3) is 0.571. The van der Waals surface area contributed by atoms with Gasteiger partial charge in [-0.3, -0.25) is 15.0 Å². The summed E-state index contributed by atoms with van der Waals surface area (Å²) in [6.45, 7) is 4.99. The molecule has 0 aromatic heterocycles. The van der Waals surface area contributed by atoms with Gasteiger partial charge in [0.15, 0.2) is 0 Å². The van der Waals surface area contributed by atoms with Gasteiger partial charge in [-0.05, 0) is 31.0 Å². The van der Waals surface area contributed by atoms with Gasteiger partial charge in [-0.2, -0.15) is 0 Å². The second-order valence-corrected chi connectivity index (χ2v) is 5.23. The van der Waals surface area contributed by atoms with E-state index >= 15 is 0 Å². The first-order valence-electron chi connectivity index (χ1n) is 6.84. The highest BCUT2D eigenvalue weighted by atomic mass is 16.6. The van der Waals surface area contributed by atoms with Crippen LogP contribution in [0.2, 0.25) is 0 Å². The van der Waals surface area contributed by atoms with Gasteiger partial charge in [0, 0.05) is 25.2 Å². The Balaban J connectivity index is 1.74. The van der Waals surface area contributed by atoms with Crippen LogP contribution in [0.5, 0.6) is 5.75 Å². The van der Waals surface area contributed by atoms with Gasteiger partial charge in [-0.1, -0.05) is 6.92 Å². The monoisotopic (exact) mass is 280 g/mol. The van der Waals surface area contributed by atoms with Gasteiger partial charge in [0.05, 0.1) is 11.0 Å². The van der Waals surface area contributed by atoms with E-state index in [0.29, 0.717) is 24.8 Å². The molecule has 1 aromatic rings. The number of benzene rings is 1. The molecule has 1 fully saturated rings. The average Bonchev–Trinajstić information content (AvgIpc) is 2.43. The summed E-state index contributed by atoms with van der Waals surface area (Å²) in [4.78, 5) is 12.3. The van der Waals surface area contributed by atoms with Crippen molar-refractivity contribution >= 4 is 5.69 Å². The van der Waals surface area contributed by atoms with Crippen molar-refractivity contribution in [1.29, 1.82) is 0 Å². The van der Waals surface area contributed by atoms with E-state index in [1.54, 1.807) is 12.1 Å². The highest BCUT2D eigenvalue weighted by Gasteiger charge is 2.23. The number of non-ortho nitro benzene ring substituents is 1. The first kappa shape index (κ1) is 14.7. The van der Waals surface area contributed by atoms with Crippen molar-refractivity contribution in [2.45, 2.75) is 19.4 Å². The molecular weight excluding hydrogens is 260 g/mol. The van der Waals surface area contributed by atoms with Crippen molar-refractivity contribution in [2.75, 3.05) is 26.2 Å². The predicted octanol–water partition coefficient (Wildman–Crippen LogP) is 1.68. The number of nitro benzene ring substituents is 1. The lowest BCUT2D eigenvalue weighted by molar-refractivity contribution is -0.384. The van der Waals surface area contributed by atoms with Crippen LogP contribution in [-0.2, 0) is 0 Å². The van der Waals surface area contributed by atoms with Crippen molar-refractivity contribution < 1.29 is 14.8 Å². The molecule has 110 valence electrons. The molecule has 1 N–H and O–H groups in total. The zero-order chi connectivity index (χ0) is 14.5. The van der Waals surface area contributed by atoms with Crippen molar-refractivity contribution in [3.63, 3.8) is 0 Å². The van der Waals surface area contributed by atoms with Crippen LogP contribution in [0.3, 0.4) is 0 Å². The maximum absolute atomic E-state index is 10.5. The number of ether oxygens (including phenoxy) is 1. The Kier molecular flexibility index (Phi) is 4.92. The molecule has 0 bridgehead atoms. The van der Waals surface area contributed by atoms with Gasteiger partial charge in [0.25, 0.3) is 5.69 Å². The summed E-state index contributed by atoms with van der Waals surface area (Å²) in [5, 5.41) is 20.3. The van der Waals surface area contributed by atoms with Crippen molar-refractivity contribution in [3.05, 3.63) is 34.4 Å². The molecule has 1 aliphatic heterocycles. The number of aliphatic hydroxyl groups is 1. The number of piperidine rings is 1. The molecule has 20 heavy (non-hydrogen) atoms. The zero-order valence-electron chi connectivity index (χ0n) is 11.6. The molecule has 1 saturated heterocycles. The quantitative estimate of drug-likeness (QED) is 0.656. The minimum absolute atomic E-state index is 0.0606. The lowest BCUT2D eigenvalue weighted by Crippen LogP contribution is -2.44. The normalized spacial score (nSPS) is 23.5. The number of aliphatic hydroxyl groups excluding tert-OH is 1. The Hall–Kier alpha value is -1.66. The number of rotatable bonds is 5. The maximum atomic E-state index is 10.5. The summed E-state index contributed by atoms with van der Waals surface area (Å²) in [6, 6.07) is 6.07. The van der Waals surface area contributed by atoms with Gasteiger partial charge in [-0.15, -0.1) is 0 Å². The Bertz CT molecular complexity index is 449. The minimum Gasteiger partial charge on any atom is -0.492 e. The van der Waals surface area contributed by atoms with Gasteiger partial charge in [0.2, 0.25) is 0 Å². The number of nitro groups is 1. The largest absolute Gasteiger partial charge is 0.492 e. The fourth-order valence-electron chi connectivity index (χ4n) is 2.27. The summed E-state index contributed by atoms with van der Waals surface area (Å²) in [5.74, 6) is 0.989. The Labute approximate surface area is 118 Å². The topological polar surface area (TPSA) is 75.8 Å². The van der Waals surface area contributed by atoms with Gasteiger partial charge in [0.1, 0.15) is 12.4 Å². The summed E-state index contributed by atoms with van der Waals surface area (Å²) >= 11 is 0. The number of nitrogens with zero attached hydrogens (tertiary/aromatic N) is 2. The molecule has 0 radical (unpaired) electrons. The van der Waals surface area contributed by atoms with Crippen LogP contribution in [0.1, 0.15) is 13.3 Å². The first-order chi connectivity index (χ1) is 9.56. The molecule has 1 heterocycles. The van der Waals surface area contributed by atoms with Gasteiger partial charge >= 0.3 is 0 Å². The second-order valence-electron chi connectivity index (χ2n) is 5.23. The van der Waals surface area contributed by atoms with E-state index in [-0.39, 0.29) is 11.8 Å². The van der Waals surface area contributed by atoms with Crippen LogP contribution in [0, 0.1) is 16.0 Å². The summed E-state index contributed by atoms with van der Waals surface area (Å²) in [7, 11) is 0. The Morgan fingerprint density at radius 2 is 2.15 bits per heavy atom. The molecule has 2 unspecified atom stereocenters. The van der Waals surface area contributed by atoms with Crippen LogP contribution in [0.25, 0.3) is 0 Å². The Morgan fingerprint density at radius 1 is 1.45 bits per heavy atom. The third-order valence-electron chi connectivity index (χ3n) is 3.73. The number of hydrogen-bond acceptors (Lipinski definition) is 5. The molecular formula is C14H20N2O4. The molecule has 1 aromatic carbocycles. The molecule has 2 atom stereocenters. The smallest absolute Gasteiger partial charge is 0.269 e. The van der Waals surface area contributed by atoms with E-state index in [9.17, 15) is 15.2 Å². The molecule has 6 heteroatoms. The van der Waals surface area contributed by atoms with Crippen molar-refractivity contribution in [1.82, 2.24) is 4.90 Å². The molecule has 1 aliphatic rings. The SMILES string of the molecule is CC1CCN(CCOc2ccc([N+](=O)[O-])cc2)CC1O. The van der Waals surface area contributed by atoms with E-state index in [0.717, 1.165) is 19.5 Å². The van der Waals surface area contributed by atoms with Crippen LogP contribution in [0.4, 0.5) is 5.69 Å². The third-order valence-corrected chi connectivity index (χ3v) is 3.73.